The van der Waals surface area contributed by atoms with Gasteiger partial charge in [0.25, 0.3) is 0 Å². The molecule has 416 valence electrons. The van der Waals surface area contributed by atoms with Crippen LogP contribution in [-0.4, -0.2) is 60.3 Å². The van der Waals surface area contributed by atoms with Crippen molar-refractivity contribution in [3.8, 4) is 11.4 Å². The molecule has 0 spiro atoms. The molecule has 8 aromatic rings. The average molecular weight is 1110 g/mol. The van der Waals surface area contributed by atoms with Crippen LogP contribution in [0.4, 0.5) is 66.7 Å². The van der Waals surface area contributed by atoms with Crippen molar-refractivity contribution in [1.29, 1.82) is 0 Å². The molecule has 13 nitrogen and oxygen atoms in total. The minimum atomic E-state index is -4.56. The largest absolute Gasteiger partial charge is 0.416 e. The Morgan fingerprint density at radius 1 is 0.537 bits per heavy atom. The van der Waals surface area contributed by atoms with Gasteiger partial charge in [0.1, 0.15) is 31.1 Å². The highest BCUT2D eigenvalue weighted by atomic mass is 19.4. The SMILES string of the molecule is CC(C)(C(=O)Nc1cc(C(F)(F)F)ccc1-n1cncn1)c1ccccc1.O=C(Cc1ccc(F)cc1)Nc1cc(C(F)(F)F)ccc1-n1cncn1.O=C(Nc1cc(C(F)(F)F)ccc1N1CCCC1)C1(c2ccccc2)CC1. The van der Waals surface area contributed by atoms with Crippen LogP contribution in [0.1, 0.15) is 72.9 Å². The first kappa shape index (κ1) is 57.3. The first-order valence-electron chi connectivity index (χ1n) is 24.8. The fourth-order valence-electron chi connectivity index (χ4n) is 8.75. The zero-order valence-electron chi connectivity index (χ0n) is 42.7. The molecule has 23 heteroatoms. The third-order valence-corrected chi connectivity index (χ3v) is 13.4. The molecular weight excluding hydrogens is 1060 g/mol. The molecule has 0 bridgehead atoms. The van der Waals surface area contributed by atoms with Crippen LogP contribution < -0.4 is 20.9 Å². The lowest BCUT2D eigenvalue weighted by Gasteiger charge is -2.25. The first-order valence-corrected chi connectivity index (χ1v) is 24.8. The molecular formula is C57H50F10N10O3. The van der Waals surface area contributed by atoms with Crippen LogP contribution in [0.2, 0.25) is 0 Å². The molecule has 1 saturated carbocycles. The minimum Gasteiger partial charge on any atom is -0.370 e. The molecule has 0 unspecified atom stereocenters. The number of rotatable bonds is 12. The standard InChI is InChI=1S/C21H21F3N2O.C19H17F3N4O.C17H12F4N4O/c22-21(23,24)16-8-9-18(26-12-4-5-13-26)17(14-16)25-19(27)20(10-11-20)15-6-2-1-3-7-15;1-18(2,13-6-4-3-5-7-13)17(27)25-15-10-14(19(20,21)22)8-9-16(15)26-12-23-11-24-26;18-13-4-1-11(2-5-13)7-16(26)24-14-8-12(17(19,20)21)3-6-15(14)25-10-22-9-23-25/h1-3,6-9,14H,4-5,10-13H2,(H,25,27);3-12H,1-2H3,(H,25,27);1-6,8-10H,7H2,(H,24,26). The Labute approximate surface area is 451 Å². The molecule has 0 atom stereocenters. The van der Waals surface area contributed by atoms with Gasteiger partial charge in [-0.1, -0.05) is 72.8 Å². The van der Waals surface area contributed by atoms with Crippen LogP contribution in [0.25, 0.3) is 11.4 Å². The van der Waals surface area contributed by atoms with Crippen molar-refractivity contribution in [2.24, 2.45) is 0 Å². The predicted octanol–water partition coefficient (Wildman–Crippen LogP) is 12.8. The summed E-state index contributed by atoms with van der Waals surface area (Å²) >= 11 is 0. The van der Waals surface area contributed by atoms with Crippen LogP contribution in [0.5, 0.6) is 0 Å². The lowest BCUT2D eigenvalue weighted by molar-refractivity contribution is -0.138. The maximum Gasteiger partial charge on any atom is 0.416 e. The highest BCUT2D eigenvalue weighted by molar-refractivity contribution is 6.03. The molecule has 1 aliphatic carbocycles. The topological polar surface area (TPSA) is 152 Å². The predicted molar refractivity (Wildman–Crippen MR) is 278 cm³/mol. The summed E-state index contributed by atoms with van der Waals surface area (Å²) in [4.78, 5) is 47.7. The van der Waals surface area contributed by atoms with E-state index in [0.29, 0.717) is 24.1 Å². The summed E-state index contributed by atoms with van der Waals surface area (Å²) in [5.74, 6) is -1.65. The first-order chi connectivity index (χ1) is 37.9. The third kappa shape index (κ3) is 13.9. The average Bonchev–Trinajstić information content (AvgIpc) is 3.94. The minimum absolute atomic E-state index is 0.00401. The molecule has 10 rings (SSSR count). The van der Waals surface area contributed by atoms with Crippen molar-refractivity contribution in [1.82, 2.24) is 29.5 Å². The van der Waals surface area contributed by atoms with Crippen LogP contribution >= 0.6 is 0 Å². The van der Waals surface area contributed by atoms with Gasteiger partial charge in [-0.05, 0) is 123 Å². The van der Waals surface area contributed by atoms with Crippen molar-refractivity contribution >= 4 is 40.5 Å². The smallest absolute Gasteiger partial charge is 0.370 e. The zero-order valence-corrected chi connectivity index (χ0v) is 42.7. The Balaban J connectivity index is 0.000000158. The summed E-state index contributed by atoms with van der Waals surface area (Å²) < 4.78 is 133. The molecule has 2 aromatic heterocycles. The number of aromatic nitrogens is 6. The van der Waals surface area contributed by atoms with Crippen LogP contribution in [0.3, 0.4) is 0 Å². The van der Waals surface area contributed by atoms with E-state index < -0.39 is 63.7 Å². The van der Waals surface area contributed by atoms with Crippen molar-refractivity contribution in [2.45, 2.75) is 75.3 Å². The van der Waals surface area contributed by atoms with E-state index in [-0.39, 0.29) is 40.8 Å². The van der Waals surface area contributed by atoms with E-state index in [2.05, 4.69) is 36.1 Å². The number of carbonyl (C=O) groups excluding carboxylic acids is 3. The van der Waals surface area contributed by atoms with Crippen LogP contribution in [-0.2, 0) is 50.2 Å². The quantitative estimate of drug-likeness (QED) is 0.102. The number of carbonyl (C=O) groups is 3. The molecule has 80 heavy (non-hydrogen) atoms. The van der Waals surface area contributed by atoms with E-state index >= 15 is 0 Å². The van der Waals surface area contributed by atoms with E-state index in [9.17, 15) is 58.3 Å². The monoisotopic (exact) mass is 1110 g/mol. The van der Waals surface area contributed by atoms with Gasteiger partial charge in [0.05, 0.1) is 68.1 Å². The molecule has 6 aromatic carbocycles. The third-order valence-electron chi connectivity index (χ3n) is 13.4. The van der Waals surface area contributed by atoms with Crippen molar-refractivity contribution in [3.05, 3.63) is 204 Å². The van der Waals surface area contributed by atoms with Gasteiger partial charge >= 0.3 is 18.5 Å². The van der Waals surface area contributed by atoms with E-state index in [4.69, 9.17) is 0 Å². The van der Waals surface area contributed by atoms with Gasteiger partial charge in [-0.3, -0.25) is 14.4 Å². The Morgan fingerprint density at radius 2 is 0.988 bits per heavy atom. The molecule has 2 fully saturated rings. The molecule has 0 radical (unpaired) electrons. The van der Waals surface area contributed by atoms with E-state index in [1.165, 1.54) is 77.1 Å². The highest BCUT2D eigenvalue weighted by Gasteiger charge is 2.51. The van der Waals surface area contributed by atoms with Gasteiger partial charge < -0.3 is 20.9 Å². The Hall–Kier alpha value is -8.89. The molecule has 3 N–H and O–H groups in total. The zero-order chi connectivity index (χ0) is 57.5. The molecule has 1 aliphatic heterocycles. The number of alkyl halides is 9. The summed E-state index contributed by atoms with van der Waals surface area (Å²) in [6.07, 6.45) is -5.09. The van der Waals surface area contributed by atoms with Gasteiger partial charge in [-0.25, -0.2) is 23.7 Å². The Morgan fingerprint density at radius 3 is 1.44 bits per heavy atom. The summed E-state index contributed by atoms with van der Waals surface area (Å²) in [7, 11) is 0. The summed E-state index contributed by atoms with van der Waals surface area (Å²) in [6.45, 7) is 5.00. The molecule has 1 saturated heterocycles. The van der Waals surface area contributed by atoms with Gasteiger partial charge in [0.2, 0.25) is 17.7 Å². The second kappa shape index (κ2) is 23.6. The van der Waals surface area contributed by atoms with E-state index in [1.54, 1.807) is 38.1 Å². The fraction of sp³-hybridized carbons (Fsp3) is 0.246. The summed E-state index contributed by atoms with van der Waals surface area (Å²) in [5, 5.41) is 15.7. The number of nitrogens with zero attached hydrogens (tertiary/aromatic N) is 7. The van der Waals surface area contributed by atoms with E-state index in [1.807, 2.05) is 41.3 Å². The maximum atomic E-state index is 13.2. The lowest BCUT2D eigenvalue weighted by atomic mass is 9.83. The number of amides is 3. The van der Waals surface area contributed by atoms with Gasteiger partial charge in [0, 0.05) is 13.1 Å². The normalized spacial score (nSPS) is 14.0. The van der Waals surface area contributed by atoms with Gasteiger partial charge in [-0.15, -0.1) is 0 Å². The number of halogens is 10. The Kier molecular flexibility index (Phi) is 16.9. The lowest BCUT2D eigenvalue weighted by Crippen LogP contribution is -2.35. The number of anilines is 4. The molecule has 3 heterocycles. The van der Waals surface area contributed by atoms with Gasteiger partial charge in [-0.2, -0.15) is 49.7 Å². The second-order valence-electron chi connectivity index (χ2n) is 19.3. The molecule has 2 aliphatic rings. The number of benzene rings is 6. The number of nitrogens with one attached hydrogen (secondary N) is 3. The fourth-order valence-corrected chi connectivity index (χ4v) is 8.75. The van der Waals surface area contributed by atoms with Crippen molar-refractivity contribution in [3.63, 3.8) is 0 Å². The van der Waals surface area contributed by atoms with Gasteiger partial charge in [0.15, 0.2) is 0 Å². The summed E-state index contributed by atoms with van der Waals surface area (Å²) in [5.41, 5.74) is -0.512. The van der Waals surface area contributed by atoms with Crippen molar-refractivity contribution in [2.75, 3.05) is 33.9 Å². The molecule has 3 amide bonds. The van der Waals surface area contributed by atoms with Crippen molar-refractivity contribution < 1.29 is 58.3 Å². The maximum absolute atomic E-state index is 13.2. The Bertz CT molecular complexity index is 3400. The highest BCUT2D eigenvalue weighted by Crippen LogP contribution is 2.50. The van der Waals surface area contributed by atoms with Crippen LogP contribution in [0, 0.1) is 5.82 Å². The summed E-state index contributed by atoms with van der Waals surface area (Å²) in [6, 6.07) is 33.4. The van der Waals surface area contributed by atoms with E-state index in [0.717, 1.165) is 73.5 Å². The second-order valence-corrected chi connectivity index (χ2v) is 19.3. The number of hydrogen-bond donors (Lipinski definition) is 3. The number of hydrogen-bond acceptors (Lipinski definition) is 8. The van der Waals surface area contributed by atoms with Crippen LogP contribution in [0.15, 0.2) is 165 Å².